The molecule has 0 spiro atoms. The summed E-state index contributed by atoms with van der Waals surface area (Å²) >= 11 is 0. The van der Waals surface area contributed by atoms with Crippen molar-refractivity contribution in [1.82, 2.24) is 10.3 Å². The summed E-state index contributed by atoms with van der Waals surface area (Å²) in [6.07, 6.45) is 4.54. The molecule has 22 heavy (non-hydrogen) atoms. The van der Waals surface area contributed by atoms with Crippen molar-refractivity contribution in [2.45, 2.75) is 12.5 Å². The number of amides is 1. The first-order valence-corrected chi connectivity index (χ1v) is 6.78. The molecule has 1 unspecified atom stereocenters. The largest absolute Gasteiger partial charge is 0.487 e. The average molecular weight is 302 g/mol. The minimum absolute atomic E-state index is 0.0170. The Bertz CT molecular complexity index is 635. The summed E-state index contributed by atoms with van der Waals surface area (Å²) in [5.74, 6) is 0.293. The number of ether oxygens (including phenoxy) is 1. The number of pyridine rings is 1. The zero-order valence-corrected chi connectivity index (χ0v) is 12.3. The highest BCUT2D eigenvalue weighted by molar-refractivity contribution is 5.94. The topological polar surface area (TPSA) is 84.6 Å². The molecule has 0 fully saturated rings. The van der Waals surface area contributed by atoms with Crippen molar-refractivity contribution in [3.63, 3.8) is 0 Å². The van der Waals surface area contributed by atoms with E-state index in [0.717, 1.165) is 0 Å². The van der Waals surface area contributed by atoms with Crippen LogP contribution in [0.1, 0.15) is 23.2 Å². The van der Waals surface area contributed by atoms with Crippen molar-refractivity contribution < 1.29 is 19.1 Å². The Morgan fingerprint density at radius 3 is 3.05 bits per heavy atom. The number of carbonyl (C=O) groups excluding carboxylic acids is 1. The lowest BCUT2D eigenvalue weighted by Gasteiger charge is -2.21. The molecule has 0 saturated carbocycles. The van der Waals surface area contributed by atoms with Crippen LogP contribution < -0.4 is 10.1 Å². The smallest absolute Gasteiger partial charge is 0.273 e. The second-order valence-corrected chi connectivity index (χ2v) is 4.88. The van der Waals surface area contributed by atoms with Gasteiger partial charge >= 0.3 is 0 Å². The maximum Gasteiger partial charge on any atom is 0.273 e. The van der Waals surface area contributed by atoms with Crippen LogP contribution in [-0.2, 0) is 5.60 Å². The van der Waals surface area contributed by atoms with Crippen LogP contribution in [0.5, 0.6) is 5.75 Å². The van der Waals surface area contributed by atoms with Gasteiger partial charge in [-0.05, 0) is 31.2 Å². The molecule has 0 aliphatic carbocycles. The van der Waals surface area contributed by atoms with E-state index in [2.05, 4.69) is 16.9 Å². The predicted octanol–water partition coefficient (Wildman–Crippen LogP) is 1.88. The summed E-state index contributed by atoms with van der Waals surface area (Å²) in [6, 6.07) is 6.64. The summed E-state index contributed by atoms with van der Waals surface area (Å²) in [4.78, 5) is 16.2. The van der Waals surface area contributed by atoms with E-state index in [0.29, 0.717) is 11.5 Å². The minimum Gasteiger partial charge on any atom is -0.487 e. The van der Waals surface area contributed by atoms with E-state index in [1.54, 1.807) is 37.3 Å². The van der Waals surface area contributed by atoms with E-state index in [9.17, 15) is 9.90 Å². The molecule has 6 nitrogen and oxygen atoms in total. The first kappa shape index (κ1) is 15.8. The third-order valence-corrected chi connectivity index (χ3v) is 2.99. The SMILES string of the molecule is C=CCOc1cccnc1C(=O)NCC(C)(O)c1ccco1. The Labute approximate surface area is 128 Å². The Kier molecular flexibility index (Phi) is 4.95. The Balaban J connectivity index is 2.05. The molecule has 116 valence electrons. The van der Waals surface area contributed by atoms with Crippen molar-refractivity contribution in [2.75, 3.05) is 13.2 Å². The molecule has 2 rings (SSSR count). The molecule has 0 aromatic carbocycles. The van der Waals surface area contributed by atoms with Gasteiger partial charge in [0.05, 0.1) is 12.8 Å². The number of aliphatic hydroxyl groups is 1. The van der Waals surface area contributed by atoms with Gasteiger partial charge in [0.1, 0.15) is 18.0 Å². The van der Waals surface area contributed by atoms with Crippen LogP contribution in [-0.4, -0.2) is 29.1 Å². The molecule has 1 atom stereocenters. The molecule has 2 heterocycles. The fourth-order valence-corrected chi connectivity index (χ4v) is 1.83. The van der Waals surface area contributed by atoms with E-state index in [1.807, 2.05) is 0 Å². The van der Waals surface area contributed by atoms with Crippen LogP contribution in [0.2, 0.25) is 0 Å². The van der Waals surface area contributed by atoms with Gasteiger partial charge in [0, 0.05) is 6.20 Å². The van der Waals surface area contributed by atoms with Crippen LogP contribution >= 0.6 is 0 Å². The van der Waals surface area contributed by atoms with Gasteiger partial charge in [-0.3, -0.25) is 4.79 Å². The van der Waals surface area contributed by atoms with Crippen LogP contribution in [0.25, 0.3) is 0 Å². The summed E-state index contributed by atoms with van der Waals surface area (Å²) < 4.78 is 10.5. The first-order chi connectivity index (χ1) is 10.5. The number of furan rings is 1. The molecule has 6 heteroatoms. The lowest BCUT2D eigenvalue weighted by Crippen LogP contribution is -2.38. The third kappa shape index (κ3) is 3.73. The van der Waals surface area contributed by atoms with Gasteiger partial charge in [-0.2, -0.15) is 0 Å². The molecule has 0 saturated heterocycles. The molecule has 0 aliphatic heterocycles. The van der Waals surface area contributed by atoms with E-state index >= 15 is 0 Å². The van der Waals surface area contributed by atoms with Gasteiger partial charge in [0.2, 0.25) is 0 Å². The van der Waals surface area contributed by atoms with E-state index < -0.39 is 11.5 Å². The summed E-state index contributed by atoms with van der Waals surface area (Å²) in [6.45, 7) is 5.37. The fraction of sp³-hybridized carbons (Fsp3) is 0.250. The second kappa shape index (κ2) is 6.91. The van der Waals surface area contributed by atoms with Gasteiger partial charge in [-0.1, -0.05) is 12.7 Å². The molecule has 1 amide bonds. The van der Waals surface area contributed by atoms with Crippen LogP contribution in [0.3, 0.4) is 0 Å². The van der Waals surface area contributed by atoms with Crippen molar-refractivity contribution in [3.8, 4) is 5.75 Å². The number of hydrogen-bond acceptors (Lipinski definition) is 5. The third-order valence-electron chi connectivity index (χ3n) is 2.99. The highest BCUT2D eigenvalue weighted by Gasteiger charge is 2.27. The number of aromatic nitrogens is 1. The maximum atomic E-state index is 12.2. The molecule has 2 aromatic rings. The number of hydrogen-bond donors (Lipinski definition) is 2. The lowest BCUT2D eigenvalue weighted by molar-refractivity contribution is 0.0329. The van der Waals surface area contributed by atoms with E-state index in [4.69, 9.17) is 9.15 Å². The van der Waals surface area contributed by atoms with Crippen molar-refractivity contribution in [3.05, 3.63) is 60.8 Å². The molecule has 2 N–H and O–H groups in total. The van der Waals surface area contributed by atoms with Gasteiger partial charge < -0.3 is 19.6 Å². The number of nitrogens with one attached hydrogen (secondary N) is 1. The highest BCUT2D eigenvalue weighted by atomic mass is 16.5. The molecule has 0 radical (unpaired) electrons. The molecular formula is C16H18N2O4. The van der Waals surface area contributed by atoms with Crippen molar-refractivity contribution >= 4 is 5.91 Å². The van der Waals surface area contributed by atoms with Crippen LogP contribution in [0, 0.1) is 0 Å². The normalized spacial score (nSPS) is 13.2. The molecule has 2 aromatic heterocycles. The number of nitrogens with zero attached hydrogens (tertiary/aromatic N) is 1. The van der Waals surface area contributed by atoms with Crippen LogP contribution in [0.4, 0.5) is 0 Å². The highest BCUT2D eigenvalue weighted by Crippen LogP contribution is 2.20. The first-order valence-electron chi connectivity index (χ1n) is 6.78. The fourth-order valence-electron chi connectivity index (χ4n) is 1.83. The van der Waals surface area contributed by atoms with Gasteiger partial charge in [-0.15, -0.1) is 0 Å². The minimum atomic E-state index is -1.31. The molecule has 0 bridgehead atoms. The second-order valence-electron chi connectivity index (χ2n) is 4.88. The summed E-state index contributed by atoms with van der Waals surface area (Å²) in [5.41, 5.74) is -1.16. The summed E-state index contributed by atoms with van der Waals surface area (Å²) in [5, 5.41) is 12.9. The standard InChI is InChI=1S/C16H18N2O4/c1-3-9-21-12-6-4-8-17-14(12)15(19)18-11-16(2,20)13-7-5-10-22-13/h3-8,10,20H,1,9,11H2,2H3,(H,18,19). The zero-order chi connectivity index (χ0) is 16.0. The van der Waals surface area contributed by atoms with Gasteiger partial charge in [-0.25, -0.2) is 4.98 Å². The Morgan fingerprint density at radius 2 is 2.36 bits per heavy atom. The number of carbonyl (C=O) groups is 1. The van der Waals surface area contributed by atoms with Gasteiger partial charge in [0.15, 0.2) is 11.4 Å². The van der Waals surface area contributed by atoms with Crippen molar-refractivity contribution in [1.29, 1.82) is 0 Å². The summed E-state index contributed by atoms with van der Waals surface area (Å²) in [7, 11) is 0. The average Bonchev–Trinajstić information content (AvgIpc) is 3.06. The zero-order valence-electron chi connectivity index (χ0n) is 12.3. The lowest BCUT2D eigenvalue weighted by atomic mass is 10.0. The Hall–Kier alpha value is -2.60. The predicted molar refractivity (Wildman–Crippen MR) is 80.5 cm³/mol. The van der Waals surface area contributed by atoms with Crippen LogP contribution in [0.15, 0.2) is 53.8 Å². The quantitative estimate of drug-likeness (QED) is 0.763. The van der Waals surface area contributed by atoms with E-state index in [1.165, 1.54) is 12.5 Å². The molecular weight excluding hydrogens is 284 g/mol. The molecule has 0 aliphatic rings. The monoisotopic (exact) mass is 302 g/mol. The van der Waals surface area contributed by atoms with Crippen molar-refractivity contribution in [2.24, 2.45) is 0 Å². The van der Waals surface area contributed by atoms with E-state index in [-0.39, 0.29) is 18.8 Å². The maximum absolute atomic E-state index is 12.2. The number of rotatable bonds is 7. The van der Waals surface area contributed by atoms with Gasteiger partial charge in [0.25, 0.3) is 5.91 Å². The Morgan fingerprint density at radius 1 is 1.55 bits per heavy atom.